The van der Waals surface area contributed by atoms with Crippen LogP contribution in [0.15, 0.2) is 72.8 Å². The maximum absolute atomic E-state index is 13.1. The molecule has 0 bridgehead atoms. The van der Waals surface area contributed by atoms with Crippen LogP contribution in [0, 0.1) is 24.0 Å². The number of nitrogens with zero attached hydrogens (tertiary/aromatic N) is 1. The fourth-order valence-corrected chi connectivity index (χ4v) is 2.85. The number of carbonyl (C=O) groups is 1. The van der Waals surface area contributed by atoms with E-state index in [9.17, 15) is 14.9 Å². The predicted octanol–water partition coefficient (Wildman–Crippen LogP) is 5.39. The molecule has 140 valence electrons. The molecule has 3 aromatic carbocycles. The minimum absolute atomic E-state index is 0.0175. The summed E-state index contributed by atoms with van der Waals surface area (Å²) in [5.74, 6) is -0.272. The summed E-state index contributed by atoms with van der Waals surface area (Å²) in [4.78, 5) is 23.7. The van der Waals surface area contributed by atoms with Crippen molar-refractivity contribution in [3.63, 3.8) is 0 Å². The first kappa shape index (κ1) is 19.0. The molecule has 0 aliphatic carbocycles. The summed E-state index contributed by atoms with van der Waals surface area (Å²) in [6.07, 6.45) is 1.67. The SMILES string of the molecule is Cc1ccc(C)c(NC(=O)/C(=C/c2cccc([N+](=O)[O-])c2)c2ccccc2)c1. The smallest absolute Gasteiger partial charge is 0.270 e. The molecule has 0 radical (unpaired) electrons. The molecule has 5 nitrogen and oxygen atoms in total. The van der Waals surface area contributed by atoms with Crippen LogP contribution in [-0.4, -0.2) is 10.8 Å². The Kier molecular flexibility index (Phi) is 5.65. The molecule has 0 unspecified atom stereocenters. The number of amides is 1. The van der Waals surface area contributed by atoms with Crippen molar-refractivity contribution in [3.8, 4) is 0 Å². The Morgan fingerprint density at radius 2 is 1.71 bits per heavy atom. The van der Waals surface area contributed by atoms with Crippen molar-refractivity contribution in [1.82, 2.24) is 0 Å². The summed E-state index contributed by atoms with van der Waals surface area (Å²) >= 11 is 0. The lowest BCUT2D eigenvalue weighted by molar-refractivity contribution is -0.384. The standard InChI is InChI=1S/C23H20N2O3/c1-16-11-12-17(2)22(13-16)24-23(26)21(19-8-4-3-5-9-19)15-18-7-6-10-20(14-18)25(27)28/h3-15H,1-2H3,(H,24,26)/b21-15+. The fraction of sp³-hybridized carbons (Fsp3) is 0.0870. The van der Waals surface area contributed by atoms with Crippen molar-refractivity contribution in [3.05, 3.63) is 105 Å². The van der Waals surface area contributed by atoms with Gasteiger partial charge in [-0.2, -0.15) is 0 Å². The van der Waals surface area contributed by atoms with Gasteiger partial charge in [-0.3, -0.25) is 14.9 Å². The first-order valence-electron chi connectivity index (χ1n) is 8.84. The van der Waals surface area contributed by atoms with Crippen molar-refractivity contribution in [1.29, 1.82) is 0 Å². The maximum Gasteiger partial charge on any atom is 0.270 e. The van der Waals surface area contributed by atoms with Crippen molar-refractivity contribution >= 4 is 28.9 Å². The van der Waals surface area contributed by atoms with E-state index < -0.39 is 4.92 Å². The zero-order valence-corrected chi connectivity index (χ0v) is 15.7. The maximum atomic E-state index is 13.1. The molecule has 0 heterocycles. The minimum Gasteiger partial charge on any atom is -0.322 e. The fourth-order valence-electron chi connectivity index (χ4n) is 2.85. The van der Waals surface area contributed by atoms with Crippen LogP contribution in [-0.2, 0) is 4.79 Å². The van der Waals surface area contributed by atoms with Crippen LogP contribution in [0.5, 0.6) is 0 Å². The molecule has 1 amide bonds. The summed E-state index contributed by atoms with van der Waals surface area (Å²) < 4.78 is 0. The normalized spacial score (nSPS) is 11.1. The molecule has 0 aliphatic heterocycles. The number of nitrogens with one attached hydrogen (secondary N) is 1. The van der Waals surface area contributed by atoms with Gasteiger partial charge in [0, 0.05) is 23.4 Å². The summed E-state index contributed by atoms with van der Waals surface area (Å²) in [6, 6.07) is 21.3. The van der Waals surface area contributed by atoms with E-state index in [2.05, 4.69) is 5.32 Å². The zero-order valence-electron chi connectivity index (χ0n) is 15.7. The Morgan fingerprint density at radius 3 is 2.43 bits per heavy atom. The predicted molar refractivity (Wildman–Crippen MR) is 112 cm³/mol. The summed E-state index contributed by atoms with van der Waals surface area (Å²) in [5, 5.41) is 14.0. The Balaban J connectivity index is 2.02. The van der Waals surface area contributed by atoms with E-state index in [1.807, 2.05) is 62.4 Å². The van der Waals surface area contributed by atoms with Gasteiger partial charge in [-0.15, -0.1) is 0 Å². The van der Waals surface area contributed by atoms with E-state index >= 15 is 0 Å². The van der Waals surface area contributed by atoms with E-state index in [0.29, 0.717) is 11.1 Å². The second kappa shape index (κ2) is 8.31. The third kappa shape index (κ3) is 4.51. The average Bonchev–Trinajstić information content (AvgIpc) is 2.69. The van der Waals surface area contributed by atoms with E-state index in [4.69, 9.17) is 0 Å². The van der Waals surface area contributed by atoms with E-state index in [1.54, 1.807) is 18.2 Å². The molecule has 3 rings (SSSR count). The van der Waals surface area contributed by atoms with Crippen LogP contribution in [0.4, 0.5) is 11.4 Å². The van der Waals surface area contributed by atoms with Gasteiger partial charge in [-0.25, -0.2) is 0 Å². The van der Waals surface area contributed by atoms with Gasteiger partial charge in [-0.05, 0) is 48.2 Å². The number of benzene rings is 3. The molecule has 0 aliphatic rings. The molecular formula is C23H20N2O3. The van der Waals surface area contributed by atoms with Crippen LogP contribution in [0.1, 0.15) is 22.3 Å². The third-order valence-electron chi connectivity index (χ3n) is 4.36. The Labute approximate surface area is 163 Å². The number of non-ortho nitro benzene ring substituents is 1. The third-order valence-corrected chi connectivity index (χ3v) is 4.36. The number of nitro groups is 1. The molecule has 5 heteroatoms. The summed E-state index contributed by atoms with van der Waals surface area (Å²) in [5.41, 5.74) is 4.48. The van der Waals surface area contributed by atoms with Crippen LogP contribution < -0.4 is 5.32 Å². The topological polar surface area (TPSA) is 72.2 Å². The Hall–Kier alpha value is -3.73. The number of hydrogen-bond acceptors (Lipinski definition) is 3. The molecular weight excluding hydrogens is 352 g/mol. The van der Waals surface area contributed by atoms with Crippen molar-refractivity contribution < 1.29 is 9.72 Å². The van der Waals surface area contributed by atoms with Gasteiger partial charge in [0.25, 0.3) is 11.6 Å². The van der Waals surface area contributed by atoms with E-state index in [-0.39, 0.29) is 11.6 Å². The number of nitro benzene ring substituents is 1. The first-order chi connectivity index (χ1) is 13.4. The highest BCUT2D eigenvalue weighted by Crippen LogP contribution is 2.24. The van der Waals surface area contributed by atoms with Gasteiger partial charge in [0.1, 0.15) is 0 Å². The lowest BCUT2D eigenvalue weighted by Gasteiger charge is -2.12. The molecule has 0 aromatic heterocycles. The molecule has 28 heavy (non-hydrogen) atoms. The second-order valence-corrected chi connectivity index (χ2v) is 6.55. The zero-order chi connectivity index (χ0) is 20.1. The van der Waals surface area contributed by atoms with Gasteiger partial charge in [0.2, 0.25) is 0 Å². The van der Waals surface area contributed by atoms with E-state index in [1.165, 1.54) is 12.1 Å². The van der Waals surface area contributed by atoms with Crippen LogP contribution >= 0.6 is 0 Å². The number of carbonyl (C=O) groups excluding carboxylic acids is 1. The molecule has 0 fully saturated rings. The highest BCUT2D eigenvalue weighted by Gasteiger charge is 2.14. The summed E-state index contributed by atoms with van der Waals surface area (Å²) in [7, 11) is 0. The van der Waals surface area contributed by atoms with Crippen molar-refractivity contribution in [2.24, 2.45) is 0 Å². The quantitative estimate of drug-likeness (QED) is 0.282. The number of hydrogen-bond donors (Lipinski definition) is 1. The highest BCUT2D eigenvalue weighted by atomic mass is 16.6. The van der Waals surface area contributed by atoms with E-state index in [0.717, 1.165) is 22.4 Å². The monoisotopic (exact) mass is 372 g/mol. The largest absolute Gasteiger partial charge is 0.322 e. The van der Waals surface area contributed by atoms with Crippen LogP contribution in [0.25, 0.3) is 11.6 Å². The molecule has 0 saturated carbocycles. The lowest BCUT2D eigenvalue weighted by Crippen LogP contribution is -2.14. The van der Waals surface area contributed by atoms with Gasteiger partial charge in [0.05, 0.1) is 4.92 Å². The number of aryl methyl sites for hydroxylation is 2. The van der Waals surface area contributed by atoms with Gasteiger partial charge in [-0.1, -0.05) is 54.6 Å². The molecule has 3 aromatic rings. The molecule has 0 atom stereocenters. The Morgan fingerprint density at radius 1 is 0.964 bits per heavy atom. The second-order valence-electron chi connectivity index (χ2n) is 6.55. The molecule has 0 saturated heterocycles. The van der Waals surface area contributed by atoms with Crippen molar-refractivity contribution in [2.75, 3.05) is 5.32 Å². The van der Waals surface area contributed by atoms with Crippen LogP contribution in [0.2, 0.25) is 0 Å². The first-order valence-corrected chi connectivity index (χ1v) is 8.84. The highest BCUT2D eigenvalue weighted by molar-refractivity contribution is 6.29. The van der Waals surface area contributed by atoms with Gasteiger partial charge in [0.15, 0.2) is 0 Å². The molecule has 0 spiro atoms. The Bertz CT molecular complexity index is 1060. The van der Waals surface area contributed by atoms with Crippen LogP contribution in [0.3, 0.4) is 0 Å². The summed E-state index contributed by atoms with van der Waals surface area (Å²) in [6.45, 7) is 3.90. The van der Waals surface area contributed by atoms with Gasteiger partial charge >= 0.3 is 0 Å². The minimum atomic E-state index is -0.449. The average molecular weight is 372 g/mol. The number of rotatable bonds is 5. The number of anilines is 1. The molecule has 1 N–H and O–H groups in total. The lowest BCUT2D eigenvalue weighted by atomic mass is 10.0. The van der Waals surface area contributed by atoms with Crippen molar-refractivity contribution in [2.45, 2.75) is 13.8 Å². The van der Waals surface area contributed by atoms with Gasteiger partial charge < -0.3 is 5.32 Å².